The number of aryl methyl sites for hydroxylation is 1. The van der Waals surface area contributed by atoms with Gasteiger partial charge < -0.3 is 15.0 Å². The molecule has 0 bridgehead atoms. The van der Waals surface area contributed by atoms with Crippen LogP contribution in [-0.4, -0.2) is 17.2 Å². The number of ether oxygens (including phenoxy) is 1. The monoisotopic (exact) mass is 381 g/mol. The van der Waals surface area contributed by atoms with E-state index in [1.807, 2.05) is 48.7 Å². The van der Waals surface area contributed by atoms with Crippen molar-refractivity contribution in [2.45, 2.75) is 19.0 Å². The molecular weight excluding hydrogens is 362 g/mol. The van der Waals surface area contributed by atoms with Crippen molar-refractivity contribution in [3.8, 4) is 5.75 Å². The van der Waals surface area contributed by atoms with Gasteiger partial charge in [-0.05, 0) is 67.7 Å². The number of nitrogens with zero attached hydrogens (tertiary/aromatic N) is 2. The number of thiophene rings is 1. The topological polar surface area (TPSA) is 37.4 Å². The van der Waals surface area contributed by atoms with Crippen molar-refractivity contribution in [2.24, 2.45) is 0 Å². The Morgan fingerprint density at radius 1 is 1.12 bits per heavy atom. The molecule has 3 aromatic rings. The van der Waals surface area contributed by atoms with Crippen LogP contribution in [0.2, 0.25) is 0 Å². The van der Waals surface area contributed by atoms with E-state index in [1.54, 1.807) is 18.4 Å². The number of rotatable bonds is 4. The van der Waals surface area contributed by atoms with Crippen LogP contribution in [0.5, 0.6) is 5.75 Å². The van der Waals surface area contributed by atoms with Gasteiger partial charge in [-0.25, -0.2) is 0 Å². The Kier molecular flexibility index (Phi) is 4.61. The van der Waals surface area contributed by atoms with E-state index < -0.39 is 0 Å². The van der Waals surface area contributed by atoms with Gasteiger partial charge in [0.25, 0.3) is 0 Å². The van der Waals surface area contributed by atoms with Crippen molar-refractivity contribution >= 4 is 34.4 Å². The van der Waals surface area contributed by atoms with Gasteiger partial charge in [-0.2, -0.15) is 0 Å². The molecule has 2 atom stereocenters. The highest BCUT2D eigenvalue weighted by Gasteiger charge is 2.41. The fourth-order valence-electron chi connectivity index (χ4n) is 3.28. The van der Waals surface area contributed by atoms with Gasteiger partial charge in [-0.3, -0.25) is 4.98 Å². The zero-order valence-electron chi connectivity index (χ0n) is 14.5. The van der Waals surface area contributed by atoms with E-state index >= 15 is 0 Å². The number of thiocarbonyl (C=S) groups is 1. The lowest BCUT2D eigenvalue weighted by atomic mass is 10.0. The van der Waals surface area contributed by atoms with Gasteiger partial charge in [0.1, 0.15) is 5.75 Å². The molecule has 1 aliphatic heterocycles. The maximum absolute atomic E-state index is 5.71. The zero-order chi connectivity index (χ0) is 18.1. The highest BCUT2D eigenvalue weighted by Crippen LogP contribution is 2.43. The molecule has 1 N–H and O–H groups in total. The summed E-state index contributed by atoms with van der Waals surface area (Å²) in [5.41, 5.74) is 2.03. The van der Waals surface area contributed by atoms with Gasteiger partial charge in [0.2, 0.25) is 0 Å². The first-order chi connectivity index (χ1) is 12.7. The minimum absolute atomic E-state index is 0.00357. The van der Waals surface area contributed by atoms with Crippen LogP contribution in [0.15, 0.2) is 60.8 Å². The molecule has 0 aliphatic carbocycles. The predicted molar refractivity (Wildman–Crippen MR) is 110 cm³/mol. The summed E-state index contributed by atoms with van der Waals surface area (Å²) in [5, 5.41) is 4.19. The number of methoxy groups -OCH3 is 1. The maximum atomic E-state index is 5.71. The summed E-state index contributed by atoms with van der Waals surface area (Å²) in [6.07, 6.45) is 1.83. The largest absolute Gasteiger partial charge is 0.497 e. The molecule has 0 spiro atoms. The first-order valence-corrected chi connectivity index (χ1v) is 9.61. The first kappa shape index (κ1) is 17.0. The quantitative estimate of drug-likeness (QED) is 0.667. The molecule has 6 heteroatoms. The molecule has 2 aromatic heterocycles. The summed E-state index contributed by atoms with van der Waals surface area (Å²) in [6.45, 7) is 2.13. The predicted octanol–water partition coefficient (Wildman–Crippen LogP) is 4.64. The molecule has 1 aliphatic rings. The summed E-state index contributed by atoms with van der Waals surface area (Å²) < 4.78 is 5.29. The van der Waals surface area contributed by atoms with Crippen LogP contribution in [-0.2, 0) is 0 Å². The number of anilines is 1. The van der Waals surface area contributed by atoms with Crippen LogP contribution < -0.4 is 15.0 Å². The Morgan fingerprint density at radius 3 is 2.54 bits per heavy atom. The maximum Gasteiger partial charge on any atom is 0.174 e. The summed E-state index contributed by atoms with van der Waals surface area (Å²) in [7, 11) is 1.67. The van der Waals surface area contributed by atoms with Crippen molar-refractivity contribution in [3.63, 3.8) is 0 Å². The Morgan fingerprint density at radius 2 is 1.92 bits per heavy atom. The smallest absolute Gasteiger partial charge is 0.174 e. The number of benzene rings is 1. The molecule has 4 nitrogen and oxygen atoms in total. The van der Waals surface area contributed by atoms with Gasteiger partial charge in [0, 0.05) is 21.6 Å². The van der Waals surface area contributed by atoms with E-state index in [2.05, 4.69) is 34.3 Å². The number of hydrogen-bond donors (Lipinski definition) is 1. The standard InChI is InChI=1S/C20H19N3OS2/c1-13-6-11-17(26-13)19-18(16-5-3-4-12-21-16)22-20(25)23(19)14-7-9-15(24-2)10-8-14/h3-12,18-19H,1-2H3,(H,22,25)/t18-,19+/m0/s1. The van der Waals surface area contributed by atoms with Crippen LogP contribution in [0.4, 0.5) is 5.69 Å². The highest BCUT2D eigenvalue weighted by atomic mass is 32.1. The normalized spacial score (nSPS) is 19.5. The van der Waals surface area contributed by atoms with Gasteiger partial charge in [-0.15, -0.1) is 11.3 Å². The molecule has 3 heterocycles. The molecule has 26 heavy (non-hydrogen) atoms. The number of nitrogens with one attached hydrogen (secondary N) is 1. The molecule has 132 valence electrons. The lowest BCUT2D eigenvalue weighted by molar-refractivity contribution is 0.415. The van der Waals surface area contributed by atoms with Crippen molar-refractivity contribution in [1.82, 2.24) is 10.3 Å². The molecule has 1 aromatic carbocycles. The van der Waals surface area contributed by atoms with Crippen molar-refractivity contribution in [2.75, 3.05) is 12.0 Å². The van der Waals surface area contributed by atoms with Gasteiger partial charge in [0.05, 0.1) is 24.9 Å². The Labute approximate surface area is 162 Å². The van der Waals surface area contributed by atoms with E-state index in [-0.39, 0.29) is 12.1 Å². The fraction of sp³-hybridized carbons (Fsp3) is 0.200. The minimum atomic E-state index is 0.00357. The SMILES string of the molecule is COc1ccc(N2C(=S)N[C@@H](c3ccccn3)[C@H]2c2ccc(C)s2)cc1. The third kappa shape index (κ3) is 3.06. The summed E-state index contributed by atoms with van der Waals surface area (Å²) in [5.74, 6) is 0.830. The molecular formula is C20H19N3OS2. The third-order valence-corrected chi connectivity index (χ3v) is 5.89. The molecule has 0 amide bonds. The van der Waals surface area contributed by atoms with Gasteiger partial charge in [0.15, 0.2) is 5.11 Å². The second-order valence-corrected chi connectivity index (χ2v) is 7.85. The molecule has 1 saturated heterocycles. The van der Waals surface area contributed by atoms with Crippen molar-refractivity contribution in [3.05, 3.63) is 76.2 Å². The highest BCUT2D eigenvalue weighted by molar-refractivity contribution is 7.80. The lowest BCUT2D eigenvalue weighted by Gasteiger charge is -2.27. The Hall–Kier alpha value is -2.44. The molecule has 0 radical (unpaired) electrons. The van der Waals surface area contributed by atoms with E-state index in [0.29, 0.717) is 5.11 Å². The average molecular weight is 382 g/mol. The Bertz CT molecular complexity index is 908. The molecule has 0 unspecified atom stereocenters. The van der Waals surface area contributed by atoms with Crippen LogP contribution in [0.1, 0.15) is 27.5 Å². The summed E-state index contributed by atoms with van der Waals surface area (Å²) in [4.78, 5) is 9.30. The Balaban J connectivity index is 1.79. The zero-order valence-corrected chi connectivity index (χ0v) is 16.2. The van der Waals surface area contributed by atoms with Gasteiger partial charge >= 0.3 is 0 Å². The fourth-order valence-corrected chi connectivity index (χ4v) is 4.63. The van der Waals surface area contributed by atoms with Gasteiger partial charge in [-0.1, -0.05) is 6.07 Å². The summed E-state index contributed by atoms with van der Waals surface area (Å²) in [6, 6.07) is 18.4. The van der Waals surface area contributed by atoms with E-state index in [4.69, 9.17) is 17.0 Å². The first-order valence-electron chi connectivity index (χ1n) is 8.38. The van der Waals surface area contributed by atoms with Crippen LogP contribution in [0.3, 0.4) is 0 Å². The number of hydrogen-bond acceptors (Lipinski definition) is 4. The number of pyridine rings is 1. The van der Waals surface area contributed by atoms with Crippen LogP contribution in [0.25, 0.3) is 0 Å². The van der Waals surface area contributed by atoms with E-state index in [0.717, 1.165) is 17.1 Å². The lowest BCUT2D eigenvalue weighted by Crippen LogP contribution is -2.28. The van der Waals surface area contributed by atoms with Crippen LogP contribution in [0, 0.1) is 6.92 Å². The molecule has 1 fully saturated rings. The average Bonchev–Trinajstić information content (AvgIpc) is 3.25. The third-order valence-electron chi connectivity index (χ3n) is 4.50. The second-order valence-electron chi connectivity index (χ2n) is 6.14. The van der Waals surface area contributed by atoms with E-state index in [9.17, 15) is 0 Å². The van der Waals surface area contributed by atoms with Crippen molar-refractivity contribution < 1.29 is 4.74 Å². The van der Waals surface area contributed by atoms with Crippen molar-refractivity contribution in [1.29, 1.82) is 0 Å². The van der Waals surface area contributed by atoms with E-state index in [1.165, 1.54) is 9.75 Å². The summed E-state index contributed by atoms with van der Waals surface area (Å²) >= 11 is 7.50. The number of aromatic nitrogens is 1. The molecule has 0 saturated carbocycles. The molecule has 4 rings (SSSR count). The minimum Gasteiger partial charge on any atom is -0.497 e. The van der Waals surface area contributed by atoms with Crippen LogP contribution >= 0.6 is 23.6 Å². The second kappa shape index (κ2) is 7.05.